The second-order valence-electron chi connectivity index (χ2n) is 1.55. The zero-order valence-corrected chi connectivity index (χ0v) is 5.61. The molecule has 0 saturated heterocycles. The van der Waals surface area contributed by atoms with Crippen LogP contribution in [0, 0.1) is 12.3 Å². The van der Waals surface area contributed by atoms with Gasteiger partial charge in [0, 0.05) is 17.5 Å². The van der Waals surface area contributed by atoms with E-state index in [0.29, 0.717) is 11.6 Å². The fourth-order valence-electron chi connectivity index (χ4n) is 0.505. The summed E-state index contributed by atoms with van der Waals surface area (Å²) >= 11 is 1.44. The summed E-state index contributed by atoms with van der Waals surface area (Å²) in [5.41, 5.74) is 5.35. The van der Waals surface area contributed by atoms with Crippen molar-refractivity contribution in [3.63, 3.8) is 0 Å². The van der Waals surface area contributed by atoms with Gasteiger partial charge < -0.3 is 5.73 Å². The lowest BCUT2D eigenvalue weighted by molar-refractivity contribution is 1.33. The van der Waals surface area contributed by atoms with Crippen LogP contribution in [0.5, 0.6) is 0 Å². The van der Waals surface area contributed by atoms with Crippen molar-refractivity contribution in [1.82, 2.24) is 4.98 Å². The Bertz CT molecular complexity index is 233. The molecule has 0 spiro atoms. The second kappa shape index (κ2) is 2.51. The van der Waals surface area contributed by atoms with Crippen molar-refractivity contribution in [2.45, 2.75) is 6.42 Å². The molecular weight excluding hydrogens is 132 g/mol. The number of rotatable bonds is 1. The van der Waals surface area contributed by atoms with Crippen LogP contribution in [0.4, 0.5) is 5.13 Å². The van der Waals surface area contributed by atoms with Crippen LogP contribution in [0.1, 0.15) is 4.88 Å². The molecule has 46 valence electrons. The standard InChI is InChI=1S/C6H6N2S/c1-2-3-5-4-8-6(7)9-5/h1,4H,3H2,(H2,7,8). The van der Waals surface area contributed by atoms with E-state index in [1.54, 1.807) is 6.20 Å². The first kappa shape index (κ1) is 6.12. The zero-order chi connectivity index (χ0) is 6.69. The highest BCUT2D eigenvalue weighted by atomic mass is 32.1. The maximum atomic E-state index is 5.35. The molecule has 0 aliphatic heterocycles. The van der Waals surface area contributed by atoms with Crippen molar-refractivity contribution >= 4 is 16.5 Å². The number of anilines is 1. The van der Waals surface area contributed by atoms with Gasteiger partial charge in [-0.2, -0.15) is 0 Å². The molecular formula is C6H6N2S. The van der Waals surface area contributed by atoms with Crippen LogP contribution >= 0.6 is 11.3 Å². The molecule has 2 nitrogen and oxygen atoms in total. The van der Waals surface area contributed by atoms with Crippen molar-refractivity contribution in [3.05, 3.63) is 11.1 Å². The smallest absolute Gasteiger partial charge is 0.180 e. The lowest BCUT2D eigenvalue weighted by Gasteiger charge is -1.78. The average molecular weight is 138 g/mol. The number of hydrogen-bond donors (Lipinski definition) is 1. The predicted molar refractivity (Wildman–Crippen MR) is 39.1 cm³/mol. The van der Waals surface area contributed by atoms with Gasteiger partial charge in [0.1, 0.15) is 0 Å². The van der Waals surface area contributed by atoms with E-state index in [1.807, 2.05) is 0 Å². The minimum atomic E-state index is 0.584. The molecule has 9 heavy (non-hydrogen) atoms. The molecule has 1 aromatic heterocycles. The molecule has 0 fully saturated rings. The Morgan fingerprint density at radius 3 is 3.11 bits per heavy atom. The number of hydrogen-bond acceptors (Lipinski definition) is 3. The van der Waals surface area contributed by atoms with E-state index < -0.39 is 0 Å². The van der Waals surface area contributed by atoms with E-state index in [4.69, 9.17) is 12.2 Å². The summed E-state index contributed by atoms with van der Waals surface area (Å²) in [6.45, 7) is 0. The van der Waals surface area contributed by atoms with Crippen LogP contribution in [0.3, 0.4) is 0 Å². The minimum Gasteiger partial charge on any atom is -0.375 e. The van der Waals surface area contributed by atoms with E-state index >= 15 is 0 Å². The molecule has 0 aliphatic rings. The molecule has 0 aliphatic carbocycles. The van der Waals surface area contributed by atoms with Gasteiger partial charge in [0.05, 0.1) is 0 Å². The normalized spacial score (nSPS) is 8.78. The van der Waals surface area contributed by atoms with E-state index in [0.717, 1.165) is 4.88 Å². The minimum absolute atomic E-state index is 0.584. The Balaban J connectivity index is 2.76. The van der Waals surface area contributed by atoms with Gasteiger partial charge in [-0.05, 0) is 0 Å². The summed E-state index contributed by atoms with van der Waals surface area (Å²) in [5, 5.41) is 0.584. The zero-order valence-electron chi connectivity index (χ0n) is 4.79. The Labute approximate surface area is 57.7 Å². The van der Waals surface area contributed by atoms with Crippen LogP contribution < -0.4 is 5.73 Å². The van der Waals surface area contributed by atoms with Crippen LogP contribution in [0.2, 0.25) is 0 Å². The van der Waals surface area contributed by atoms with E-state index in [9.17, 15) is 0 Å². The molecule has 0 bridgehead atoms. The third-order valence-electron chi connectivity index (χ3n) is 0.848. The number of nitrogens with two attached hydrogens (primary N) is 1. The predicted octanol–water partition coefficient (Wildman–Crippen LogP) is 0.901. The van der Waals surface area contributed by atoms with Crippen molar-refractivity contribution < 1.29 is 0 Å². The summed E-state index contributed by atoms with van der Waals surface area (Å²) in [4.78, 5) is 4.89. The number of nitrogens with zero attached hydrogens (tertiary/aromatic N) is 1. The van der Waals surface area contributed by atoms with Gasteiger partial charge in [0.15, 0.2) is 5.13 Å². The Hall–Kier alpha value is -1.01. The summed E-state index contributed by atoms with van der Waals surface area (Å²) in [6, 6.07) is 0. The molecule has 0 radical (unpaired) electrons. The topological polar surface area (TPSA) is 38.9 Å². The first-order chi connectivity index (χ1) is 4.33. The quantitative estimate of drug-likeness (QED) is 0.585. The first-order valence-corrected chi connectivity index (χ1v) is 3.28. The molecule has 0 atom stereocenters. The lowest BCUT2D eigenvalue weighted by atomic mass is 10.4. The summed E-state index contributed by atoms with van der Waals surface area (Å²) in [5.74, 6) is 2.51. The van der Waals surface area contributed by atoms with Crippen molar-refractivity contribution in [2.24, 2.45) is 0 Å². The maximum absolute atomic E-state index is 5.35. The van der Waals surface area contributed by atoms with E-state index in [-0.39, 0.29) is 0 Å². The summed E-state index contributed by atoms with van der Waals surface area (Å²) in [7, 11) is 0. The fourth-order valence-corrected chi connectivity index (χ4v) is 1.14. The first-order valence-electron chi connectivity index (χ1n) is 2.46. The highest BCUT2D eigenvalue weighted by Crippen LogP contribution is 2.13. The number of nitrogen functional groups attached to an aromatic ring is 1. The van der Waals surface area contributed by atoms with Gasteiger partial charge in [0.25, 0.3) is 0 Å². The highest BCUT2D eigenvalue weighted by molar-refractivity contribution is 7.15. The third kappa shape index (κ3) is 1.44. The number of terminal acetylenes is 1. The van der Waals surface area contributed by atoms with Gasteiger partial charge in [-0.15, -0.1) is 23.7 Å². The van der Waals surface area contributed by atoms with Gasteiger partial charge in [-0.1, -0.05) is 0 Å². The molecule has 3 heteroatoms. The second-order valence-corrected chi connectivity index (χ2v) is 2.69. The Kier molecular flexibility index (Phi) is 1.71. The monoisotopic (exact) mass is 138 g/mol. The largest absolute Gasteiger partial charge is 0.375 e. The number of thiazole rings is 1. The summed E-state index contributed by atoms with van der Waals surface area (Å²) < 4.78 is 0. The number of aromatic nitrogens is 1. The highest BCUT2D eigenvalue weighted by Gasteiger charge is 1.93. The van der Waals surface area contributed by atoms with Gasteiger partial charge in [-0.3, -0.25) is 0 Å². The fraction of sp³-hybridized carbons (Fsp3) is 0.167. The maximum Gasteiger partial charge on any atom is 0.180 e. The van der Waals surface area contributed by atoms with E-state index in [1.165, 1.54) is 11.3 Å². The van der Waals surface area contributed by atoms with Gasteiger partial charge in [0.2, 0.25) is 0 Å². The van der Waals surface area contributed by atoms with Crippen molar-refractivity contribution in [2.75, 3.05) is 5.73 Å². The SMILES string of the molecule is C#CCc1cnc(N)s1. The molecule has 2 N–H and O–H groups in total. The lowest BCUT2D eigenvalue weighted by Crippen LogP contribution is -1.77. The van der Waals surface area contributed by atoms with Gasteiger partial charge >= 0.3 is 0 Å². The summed E-state index contributed by atoms with van der Waals surface area (Å²) in [6.07, 6.45) is 7.40. The average Bonchev–Trinajstić information content (AvgIpc) is 2.17. The molecule has 0 unspecified atom stereocenters. The third-order valence-corrected chi connectivity index (χ3v) is 1.67. The Morgan fingerprint density at radius 2 is 2.67 bits per heavy atom. The van der Waals surface area contributed by atoms with Crippen LogP contribution in [-0.2, 0) is 6.42 Å². The van der Waals surface area contributed by atoms with Crippen LogP contribution in [0.25, 0.3) is 0 Å². The molecule has 0 aromatic carbocycles. The molecule has 1 rings (SSSR count). The van der Waals surface area contributed by atoms with Gasteiger partial charge in [-0.25, -0.2) is 4.98 Å². The molecule has 1 heterocycles. The van der Waals surface area contributed by atoms with E-state index in [2.05, 4.69) is 10.9 Å². The molecule has 0 amide bonds. The van der Waals surface area contributed by atoms with Crippen molar-refractivity contribution in [3.8, 4) is 12.3 Å². The Morgan fingerprint density at radius 1 is 1.89 bits per heavy atom. The van der Waals surface area contributed by atoms with Crippen LogP contribution in [0.15, 0.2) is 6.20 Å². The van der Waals surface area contributed by atoms with Crippen LogP contribution in [-0.4, -0.2) is 4.98 Å². The molecule has 0 saturated carbocycles. The molecule has 1 aromatic rings. The van der Waals surface area contributed by atoms with Crippen molar-refractivity contribution in [1.29, 1.82) is 0 Å².